The number of carbonyl (C=O) groups is 1. The second-order valence-electron chi connectivity index (χ2n) is 5.25. The van der Waals surface area contributed by atoms with Gasteiger partial charge in [-0.3, -0.25) is 9.79 Å². The first-order valence-corrected chi connectivity index (χ1v) is 7.57. The normalized spacial score (nSPS) is 13.1. The molecule has 4 nitrogen and oxygen atoms in total. The van der Waals surface area contributed by atoms with E-state index in [0.717, 1.165) is 22.5 Å². The number of nitrogens with one attached hydrogen (secondary N) is 1. The highest BCUT2D eigenvalue weighted by Crippen LogP contribution is 2.22. The molecule has 3 rings (SSSR count). The molecule has 0 atom stereocenters. The number of anilines is 2. The van der Waals surface area contributed by atoms with Crippen LogP contribution in [0.5, 0.6) is 0 Å². The minimum Gasteiger partial charge on any atom is -0.399 e. The molecule has 0 aromatic heterocycles. The second-order valence-corrected chi connectivity index (χ2v) is 5.25. The highest BCUT2D eigenvalue weighted by atomic mass is 16.2. The Balaban J connectivity index is 1.72. The highest BCUT2D eigenvalue weighted by molar-refractivity contribution is 6.05. The summed E-state index contributed by atoms with van der Waals surface area (Å²) in [7, 11) is 0. The fourth-order valence-electron chi connectivity index (χ4n) is 2.24. The van der Waals surface area contributed by atoms with Crippen molar-refractivity contribution in [3.05, 3.63) is 84.6 Å². The maximum Gasteiger partial charge on any atom is 0.274 e. The van der Waals surface area contributed by atoms with E-state index in [2.05, 4.69) is 10.3 Å². The molecule has 1 aliphatic heterocycles. The van der Waals surface area contributed by atoms with Crippen LogP contribution in [0.4, 0.5) is 11.4 Å². The van der Waals surface area contributed by atoms with Crippen LogP contribution in [0.1, 0.15) is 0 Å². The van der Waals surface area contributed by atoms with E-state index in [9.17, 15) is 4.79 Å². The number of allylic oxidation sites excluding steroid dienone is 5. The third-order valence-electron chi connectivity index (χ3n) is 3.51. The number of nitrogens with two attached hydrogens (primary N) is 1. The predicted octanol–water partition coefficient (Wildman–Crippen LogP) is 3.96. The average Bonchev–Trinajstić information content (AvgIpc) is 2.56. The van der Waals surface area contributed by atoms with E-state index in [0.29, 0.717) is 5.70 Å². The molecular formula is C20H17N3O. The smallest absolute Gasteiger partial charge is 0.274 e. The van der Waals surface area contributed by atoms with Gasteiger partial charge in [0.15, 0.2) is 0 Å². The standard InChI is InChI=1S/C20H17N3O/c21-17-10-6-15(7-11-17)16-8-12-18(13-9-16)23-20(24)19-5-3-1-2-4-14-22-19/h1-14H,21H2,(H,23,24). The Morgan fingerprint density at radius 3 is 2.17 bits per heavy atom. The summed E-state index contributed by atoms with van der Waals surface area (Å²) in [6.45, 7) is 0. The van der Waals surface area contributed by atoms with Crippen molar-refractivity contribution < 1.29 is 4.79 Å². The van der Waals surface area contributed by atoms with Gasteiger partial charge >= 0.3 is 0 Å². The number of benzene rings is 2. The van der Waals surface area contributed by atoms with E-state index in [1.807, 2.05) is 60.7 Å². The Hall–Kier alpha value is -3.40. The molecule has 3 N–H and O–H groups in total. The van der Waals surface area contributed by atoms with Crippen LogP contribution in [-0.2, 0) is 4.79 Å². The zero-order valence-corrected chi connectivity index (χ0v) is 13.0. The predicted molar refractivity (Wildman–Crippen MR) is 99.8 cm³/mol. The van der Waals surface area contributed by atoms with Crippen LogP contribution in [0.15, 0.2) is 89.6 Å². The minimum absolute atomic E-state index is 0.244. The van der Waals surface area contributed by atoms with E-state index in [-0.39, 0.29) is 5.91 Å². The van der Waals surface area contributed by atoms with Crippen molar-refractivity contribution >= 4 is 23.5 Å². The molecule has 0 spiro atoms. The lowest BCUT2D eigenvalue weighted by molar-refractivity contribution is -0.112. The molecule has 24 heavy (non-hydrogen) atoms. The highest BCUT2D eigenvalue weighted by Gasteiger charge is 2.08. The molecule has 0 saturated carbocycles. The topological polar surface area (TPSA) is 67.5 Å². The van der Waals surface area contributed by atoms with Crippen LogP contribution >= 0.6 is 0 Å². The van der Waals surface area contributed by atoms with Gasteiger partial charge in [-0.1, -0.05) is 42.5 Å². The van der Waals surface area contributed by atoms with Crippen molar-refractivity contribution in [2.45, 2.75) is 0 Å². The zero-order valence-electron chi connectivity index (χ0n) is 13.0. The number of carbonyl (C=O) groups excluding carboxylic acids is 1. The van der Waals surface area contributed by atoms with Gasteiger partial charge in [-0.05, 0) is 47.5 Å². The SMILES string of the molecule is Nc1ccc(-c2ccc(NC(=O)C3=CC=CC=CC=N3)cc2)cc1. The molecule has 0 radical (unpaired) electrons. The van der Waals surface area contributed by atoms with E-state index in [1.54, 1.807) is 24.4 Å². The van der Waals surface area contributed by atoms with Crippen LogP contribution in [-0.4, -0.2) is 12.1 Å². The van der Waals surface area contributed by atoms with Gasteiger partial charge in [0.1, 0.15) is 5.70 Å². The molecule has 1 aliphatic rings. The number of rotatable bonds is 3. The van der Waals surface area contributed by atoms with Gasteiger partial charge in [-0.25, -0.2) is 0 Å². The molecule has 0 fully saturated rings. The maximum absolute atomic E-state index is 12.3. The monoisotopic (exact) mass is 315 g/mol. The quantitative estimate of drug-likeness (QED) is 0.842. The fraction of sp³-hybridized carbons (Fsp3) is 0. The molecule has 0 saturated heterocycles. The first-order valence-electron chi connectivity index (χ1n) is 7.57. The number of aliphatic imine (C=N–C) groups is 1. The second kappa shape index (κ2) is 7.24. The van der Waals surface area contributed by atoms with E-state index in [1.165, 1.54) is 0 Å². The summed E-state index contributed by atoms with van der Waals surface area (Å²) in [4.78, 5) is 16.4. The molecule has 2 aromatic carbocycles. The third-order valence-corrected chi connectivity index (χ3v) is 3.51. The van der Waals surface area contributed by atoms with Crippen molar-refractivity contribution in [3.8, 4) is 11.1 Å². The fourth-order valence-corrected chi connectivity index (χ4v) is 2.24. The van der Waals surface area contributed by atoms with Crippen molar-refractivity contribution in [3.63, 3.8) is 0 Å². The molecule has 118 valence electrons. The van der Waals surface area contributed by atoms with E-state index in [4.69, 9.17) is 5.73 Å². The molecule has 0 unspecified atom stereocenters. The van der Waals surface area contributed by atoms with Gasteiger partial charge < -0.3 is 11.1 Å². The Kier molecular flexibility index (Phi) is 4.68. The lowest BCUT2D eigenvalue weighted by atomic mass is 10.1. The van der Waals surface area contributed by atoms with Gasteiger partial charge in [0.2, 0.25) is 0 Å². The Morgan fingerprint density at radius 1 is 0.833 bits per heavy atom. The van der Waals surface area contributed by atoms with Crippen LogP contribution < -0.4 is 11.1 Å². The molecule has 0 aliphatic carbocycles. The molecule has 1 amide bonds. The average molecular weight is 315 g/mol. The summed E-state index contributed by atoms with van der Waals surface area (Å²) < 4.78 is 0. The van der Waals surface area contributed by atoms with E-state index < -0.39 is 0 Å². The van der Waals surface area contributed by atoms with Crippen LogP contribution in [0.25, 0.3) is 11.1 Å². The third kappa shape index (κ3) is 3.87. The summed E-state index contributed by atoms with van der Waals surface area (Å²) in [6.07, 6.45) is 10.5. The van der Waals surface area contributed by atoms with Crippen LogP contribution in [0.2, 0.25) is 0 Å². The first-order chi connectivity index (χ1) is 11.7. The Labute approximate surface area is 140 Å². The summed E-state index contributed by atoms with van der Waals surface area (Å²) in [5.74, 6) is -0.244. The van der Waals surface area contributed by atoms with Gasteiger partial charge in [0, 0.05) is 17.6 Å². The molecule has 0 bridgehead atoms. The van der Waals surface area contributed by atoms with E-state index >= 15 is 0 Å². The number of nitrogens with zero attached hydrogens (tertiary/aromatic N) is 1. The minimum atomic E-state index is -0.244. The summed E-state index contributed by atoms with van der Waals surface area (Å²) in [5, 5.41) is 2.85. The maximum atomic E-state index is 12.3. The number of hydrogen-bond donors (Lipinski definition) is 2. The number of nitrogen functional groups attached to an aromatic ring is 1. The Morgan fingerprint density at radius 2 is 1.46 bits per heavy atom. The van der Waals surface area contributed by atoms with Crippen molar-refractivity contribution in [2.75, 3.05) is 11.1 Å². The summed E-state index contributed by atoms with van der Waals surface area (Å²) >= 11 is 0. The van der Waals surface area contributed by atoms with Gasteiger partial charge in [-0.2, -0.15) is 0 Å². The summed E-state index contributed by atoms with van der Waals surface area (Å²) in [5.41, 5.74) is 9.65. The Bertz CT molecular complexity index is 841. The zero-order chi connectivity index (χ0) is 16.8. The van der Waals surface area contributed by atoms with Crippen LogP contribution in [0, 0.1) is 0 Å². The van der Waals surface area contributed by atoms with Gasteiger partial charge in [0.25, 0.3) is 5.91 Å². The molecule has 4 heteroatoms. The molecule has 2 aromatic rings. The van der Waals surface area contributed by atoms with Crippen molar-refractivity contribution in [2.24, 2.45) is 4.99 Å². The number of amides is 1. The first kappa shape index (κ1) is 15.5. The summed E-state index contributed by atoms with van der Waals surface area (Å²) in [6, 6.07) is 15.3. The van der Waals surface area contributed by atoms with Gasteiger partial charge in [-0.15, -0.1) is 0 Å². The van der Waals surface area contributed by atoms with Crippen molar-refractivity contribution in [1.82, 2.24) is 0 Å². The lowest BCUT2D eigenvalue weighted by Crippen LogP contribution is -2.13. The van der Waals surface area contributed by atoms with Crippen molar-refractivity contribution in [1.29, 1.82) is 0 Å². The van der Waals surface area contributed by atoms with Crippen LogP contribution in [0.3, 0.4) is 0 Å². The lowest BCUT2D eigenvalue weighted by Gasteiger charge is -2.07. The largest absolute Gasteiger partial charge is 0.399 e. The molecular weight excluding hydrogens is 298 g/mol. The van der Waals surface area contributed by atoms with Gasteiger partial charge in [0.05, 0.1) is 0 Å². The number of hydrogen-bond acceptors (Lipinski definition) is 3. The molecule has 1 heterocycles.